The standard InChI is InChI=1S/C6H9NO2/c7-2-5-1-6(8)4-9-3-5/h5-6,8H,1,3-4H2/t5-,6?/m0/s1. The van der Waals surface area contributed by atoms with Crippen LogP contribution in [0.2, 0.25) is 0 Å². The molecule has 0 amide bonds. The van der Waals surface area contributed by atoms with E-state index >= 15 is 0 Å². The van der Waals surface area contributed by atoms with Crippen LogP contribution >= 0.6 is 0 Å². The van der Waals surface area contributed by atoms with E-state index in [4.69, 9.17) is 15.1 Å². The number of aliphatic hydroxyl groups excluding tert-OH is 1. The van der Waals surface area contributed by atoms with Gasteiger partial charge >= 0.3 is 0 Å². The van der Waals surface area contributed by atoms with Gasteiger partial charge in [-0.25, -0.2) is 0 Å². The van der Waals surface area contributed by atoms with E-state index in [9.17, 15) is 0 Å². The van der Waals surface area contributed by atoms with Crippen LogP contribution in [0.25, 0.3) is 0 Å². The van der Waals surface area contributed by atoms with Gasteiger partial charge in [-0.15, -0.1) is 0 Å². The molecule has 3 heteroatoms. The van der Waals surface area contributed by atoms with Crippen LogP contribution < -0.4 is 0 Å². The summed E-state index contributed by atoms with van der Waals surface area (Å²) < 4.78 is 4.91. The van der Waals surface area contributed by atoms with E-state index < -0.39 is 6.10 Å². The van der Waals surface area contributed by atoms with Crippen molar-refractivity contribution in [2.24, 2.45) is 5.92 Å². The van der Waals surface area contributed by atoms with E-state index in [1.165, 1.54) is 0 Å². The number of nitrogens with zero attached hydrogens (tertiary/aromatic N) is 1. The summed E-state index contributed by atoms with van der Waals surface area (Å²) in [7, 11) is 0. The quantitative estimate of drug-likeness (QED) is 0.494. The second-order valence-corrected chi connectivity index (χ2v) is 2.25. The highest BCUT2D eigenvalue weighted by Crippen LogP contribution is 2.12. The molecule has 50 valence electrons. The molecule has 3 nitrogen and oxygen atoms in total. The first-order valence-corrected chi connectivity index (χ1v) is 2.98. The smallest absolute Gasteiger partial charge is 0.0787 e. The Hall–Kier alpha value is -0.590. The van der Waals surface area contributed by atoms with Crippen LogP contribution in [0.15, 0.2) is 0 Å². The molecule has 1 aliphatic rings. The summed E-state index contributed by atoms with van der Waals surface area (Å²) in [6.07, 6.45) is 0.139. The van der Waals surface area contributed by atoms with Gasteiger partial charge in [-0.2, -0.15) is 5.26 Å². The summed E-state index contributed by atoms with van der Waals surface area (Å²) in [4.78, 5) is 0. The van der Waals surface area contributed by atoms with Crippen molar-refractivity contribution in [3.8, 4) is 6.07 Å². The maximum Gasteiger partial charge on any atom is 0.0787 e. The number of hydrogen-bond donors (Lipinski definition) is 1. The van der Waals surface area contributed by atoms with Gasteiger partial charge in [-0.1, -0.05) is 0 Å². The molecule has 1 rings (SSSR count). The fourth-order valence-electron chi connectivity index (χ4n) is 0.901. The van der Waals surface area contributed by atoms with Gasteiger partial charge in [0, 0.05) is 0 Å². The Morgan fingerprint density at radius 2 is 2.33 bits per heavy atom. The van der Waals surface area contributed by atoms with Gasteiger partial charge in [0.2, 0.25) is 0 Å². The predicted octanol–water partition coefficient (Wildman–Crippen LogP) is -0.0926. The molecule has 9 heavy (non-hydrogen) atoms. The zero-order chi connectivity index (χ0) is 6.69. The zero-order valence-electron chi connectivity index (χ0n) is 5.08. The number of nitriles is 1. The molecule has 2 atom stereocenters. The zero-order valence-corrected chi connectivity index (χ0v) is 5.08. The molecule has 1 N–H and O–H groups in total. The first-order valence-electron chi connectivity index (χ1n) is 2.98. The Labute approximate surface area is 53.9 Å². The van der Waals surface area contributed by atoms with Crippen LogP contribution in [0.1, 0.15) is 6.42 Å². The van der Waals surface area contributed by atoms with Gasteiger partial charge < -0.3 is 9.84 Å². The molecule has 1 saturated heterocycles. The fourth-order valence-corrected chi connectivity index (χ4v) is 0.901. The summed E-state index contributed by atoms with van der Waals surface area (Å²) >= 11 is 0. The van der Waals surface area contributed by atoms with E-state index in [1.54, 1.807) is 0 Å². The van der Waals surface area contributed by atoms with Crippen LogP contribution in [0, 0.1) is 17.2 Å². The lowest BCUT2D eigenvalue weighted by atomic mass is 10.0. The fraction of sp³-hybridized carbons (Fsp3) is 0.833. The monoisotopic (exact) mass is 127 g/mol. The predicted molar refractivity (Wildman–Crippen MR) is 30.5 cm³/mol. The lowest BCUT2D eigenvalue weighted by molar-refractivity contribution is -0.0228. The highest BCUT2D eigenvalue weighted by Gasteiger charge is 2.19. The van der Waals surface area contributed by atoms with Crippen LogP contribution in [0.5, 0.6) is 0 Å². The van der Waals surface area contributed by atoms with E-state index in [2.05, 4.69) is 0 Å². The van der Waals surface area contributed by atoms with Crippen molar-refractivity contribution >= 4 is 0 Å². The summed E-state index contributed by atoms with van der Waals surface area (Å²) in [5.41, 5.74) is 0. The SMILES string of the molecule is N#C[C@H]1COCC(O)C1. The minimum Gasteiger partial charge on any atom is -0.391 e. The Morgan fingerprint density at radius 3 is 2.78 bits per heavy atom. The van der Waals surface area contributed by atoms with Crippen LogP contribution in [0.4, 0.5) is 0 Å². The molecule has 0 bridgehead atoms. The van der Waals surface area contributed by atoms with Gasteiger partial charge in [0.25, 0.3) is 0 Å². The lowest BCUT2D eigenvalue weighted by Gasteiger charge is -2.20. The van der Waals surface area contributed by atoms with Crippen LogP contribution in [0.3, 0.4) is 0 Å². The maximum absolute atomic E-state index is 8.93. The largest absolute Gasteiger partial charge is 0.391 e. The first kappa shape index (κ1) is 6.53. The summed E-state index contributed by atoms with van der Waals surface area (Å²) in [5, 5.41) is 17.3. The Kier molecular flexibility index (Phi) is 2.04. The highest BCUT2D eigenvalue weighted by atomic mass is 16.5. The molecular weight excluding hydrogens is 118 g/mol. The first-order chi connectivity index (χ1) is 4.33. The van der Waals surface area contributed by atoms with Crippen molar-refractivity contribution in [1.29, 1.82) is 5.26 Å². The topological polar surface area (TPSA) is 53.2 Å². The van der Waals surface area contributed by atoms with Crippen molar-refractivity contribution in [1.82, 2.24) is 0 Å². The Bertz CT molecular complexity index is 130. The number of aliphatic hydroxyl groups is 1. The van der Waals surface area contributed by atoms with E-state index in [0.717, 1.165) is 0 Å². The van der Waals surface area contributed by atoms with E-state index in [1.807, 2.05) is 6.07 Å². The number of hydrogen-bond acceptors (Lipinski definition) is 3. The molecule has 1 unspecified atom stereocenters. The van der Waals surface area contributed by atoms with Gasteiger partial charge in [0.05, 0.1) is 31.3 Å². The van der Waals surface area contributed by atoms with Crippen molar-refractivity contribution in [3.05, 3.63) is 0 Å². The van der Waals surface area contributed by atoms with Crippen molar-refractivity contribution in [3.63, 3.8) is 0 Å². The van der Waals surface area contributed by atoms with E-state index in [0.29, 0.717) is 19.6 Å². The number of rotatable bonds is 0. The van der Waals surface area contributed by atoms with Gasteiger partial charge in [0.1, 0.15) is 0 Å². The molecule has 0 aromatic heterocycles. The minimum absolute atomic E-state index is 0.103. The van der Waals surface area contributed by atoms with Crippen LogP contribution in [-0.2, 0) is 4.74 Å². The van der Waals surface area contributed by atoms with Gasteiger partial charge in [0.15, 0.2) is 0 Å². The third-order valence-electron chi connectivity index (χ3n) is 1.37. The third-order valence-corrected chi connectivity index (χ3v) is 1.37. The molecule has 0 saturated carbocycles. The molecule has 0 radical (unpaired) electrons. The summed E-state index contributed by atoms with van der Waals surface area (Å²) in [6, 6.07) is 2.05. The Morgan fingerprint density at radius 1 is 1.56 bits per heavy atom. The summed E-state index contributed by atoms with van der Waals surface area (Å²) in [5.74, 6) is -0.103. The average molecular weight is 127 g/mol. The van der Waals surface area contributed by atoms with Crippen molar-refractivity contribution < 1.29 is 9.84 Å². The van der Waals surface area contributed by atoms with Crippen molar-refractivity contribution in [2.75, 3.05) is 13.2 Å². The Balaban J connectivity index is 2.34. The molecule has 1 aliphatic heterocycles. The molecule has 0 aliphatic carbocycles. The van der Waals surface area contributed by atoms with Crippen molar-refractivity contribution in [2.45, 2.75) is 12.5 Å². The molecule has 1 heterocycles. The number of ether oxygens (including phenoxy) is 1. The van der Waals surface area contributed by atoms with E-state index in [-0.39, 0.29) is 5.92 Å². The second-order valence-electron chi connectivity index (χ2n) is 2.25. The molecular formula is C6H9NO2. The molecule has 1 fully saturated rings. The lowest BCUT2D eigenvalue weighted by Crippen LogP contribution is -2.28. The van der Waals surface area contributed by atoms with Crippen LogP contribution in [-0.4, -0.2) is 24.4 Å². The second kappa shape index (κ2) is 2.81. The van der Waals surface area contributed by atoms with Gasteiger partial charge in [-0.05, 0) is 6.42 Å². The third kappa shape index (κ3) is 1.67. The van der Waals surface area contributed by atoms with Gasteiger partial charge in [-0.3, -0.25) is 0 Å². The molecule has 0 spiro atoms. The molecule has 0 aromatic carbocycles. The maximum atomic E-state index is 8.93. The summed E-state index contributed by atoms with van der Waals surface area (Å²) in [6.45, 7) is 0.867. The normalized spacial score (nSPS) is 35.6. The average Bonchev–Trinajstić information content (AvgIpc) is 1.88. The highest BCUT2D eigenvalue weighted by molar-refractivity contribution is 4.86. The minimum atomic E-state index is -0.427. The molecule has 0 aromatic rings.